The molecule has 0 fully saturated rings. The molecule has 1 unspecified atom stereocenters. The largest absolute Gasteiger partial charge is 0.497 e. The van der Waals surface area contributed by atoms with Crippen LogP contribution >= 0.6 is 0 Å². The maximum atomic E-state index is 13.0. The Balaban J connectivity index is 1.63. The lowest BCUT2D eigenvalue weighted by Gasteiger charge is -2.15. The first kappa shape index (κ1) is 23.8. The number of carbonyl (C=O) groups excluding carboxylic acids is 2. The summed E-state index contributed by atoms with van der Waals surface area (Å²) in [6.45, 7) is 2.85. The van der Waals surface area contributed by atoms with Gasteiger partial charge in [-0.05, 0) is 49.7 Å². The van der Waals surface area contributed by atoms with E-state index in [0.29, 0.717) is 28.0 Å². The van der Waals surface area contributed by atoms with Crippen LogP contribution < -0.4 is 15.4 Å². The number of nitrogens with one attached hydrogen (secondary N) is 2. The van der Waals surface area contributed by atoms with E-state index in [9.17, 15) is 9.59 Å². The van der Waals surface area contributed by atoms with Gasteiger partial charge in [0, 0.05) is 43.0 Å². The molecule has 1 atom stereocenters. The molecule has 1 amide bonds. The summed E-state index contributed by atoms with van der Waals surface area (Å²) in [4.78, 5) is 30.2. The van der Waals surface area contributed by atoms with E-state index in [2.05, 4.69) is 27.6 Å². The van der Waals surface area contributed by atoms with E-state index in [4.69, 9.17) is 9.47 Å². The zero-order valence-corrected chi connectivity index (χ0v) is 20.1. The summed E-state index contributed by atoms with van der Waals surface area (Å²) >= 11 is 0. The maximum absolute atomic E-state index is 13.0. The Hall–Kier alpha value is -4.34. The number of hydrogen-bond acceptors (Lipinski definition) is 7. The molecule has 10 nitrogen and oxygen atoms in total. The van der Waals surface area contributed by atoms with Gasteiger partial charge in [0.25, 0.3) is 5.91 Å². The average Bonchev–Trinajstić information content (AvgIpc) is 3.49. The minimum Gasteiger partial charge on any atom is -0.497 e. The molecule has 1 aromatic carbocycles. The highest BCUT2D eigenvalue weighted by Gasteiger charge is 2.25. The molecule has 0 aliphatic rings. The van der Waals surface area contributed by atoms with Gasteiger partial charge in [0.1, 0.15) is 11.4 Å². The van der Waals surface area contributed by atoms with Crippen LogP contribution in [0.3, 0.4) is 0 Å². The molecule has 10 heteroatoms. The highest BCUT2D eigenvalue weighted by molar-refractivity contribution is 6.14. The summed E-state index contributed by atoms with van der Waals surface area (Å²) in [5.74, 6) is -0.294. The van der Waals surface area contributed by atoms with Crippen molar-refractivity contribution >= 4 is 34.3 Å². The van der Waals surface area contributed by atoms with E-state index in [-0.39, 0.29) is 17.6 Å². The van der Waals surface area contributed by atoms with E-state index in [0.717, 1.165) is 18.7 Å². The fraction of sp³-hybridized carbons (Fsp3) is 0.280. The monoisotopic (exact) mass is 476 g/mol. The summed E-state index contributed by atoms with van der Waals surface area (Å²) < 4.78 is 13.6. The number of benzene rings is 1. The van der Waals surface area contributed by atoms with Crippen molar-refractivity contribution in [3.8, 4) is 5.75 Å². The second kappa shape index (κ2) is 10.3. The number of aromatic nitrogens is 4. The average molecular weight is 477 g/mol. The number of ether oxygens (including phenoxy) is 2. The van der Waals surface area contributed by atoms with Crippen LogP contribution in [0.5, 0.6) is 5.75 Å². The van der Waals surface area contributed by atoms with Gasteiger partial charge in [0.15, 0.2) is 5.69 Å². The van der Waals surface area contributed by atoms with Gasteiger partial charge in [0.2, 0.25) is 0 Å². The van der Waals surface area contributed by atoms with Crippen LogP contribution in [-0.2, 0) is 18.3 Å². The molecule has 182 valence electrons. The van der Waals surface area contributed by atoms with Gasteiger partial charge in [-0.15, -0.1) is 0 Å². The Bertz CT molecular complexity index is 1330. The standard InChI is InChI=1S/C25H28N6O4/c1-16(10-13-31-12-5-11-27-31)28-18-14-20-21(22(25(33)35-4)30(2)23(20)26-15-18)29-24(32)17-6-8-19(34-3)9-7-17/h5-9,11-12,14-16,28H,10,13H2,1-4H3,(H,29,32). The molecule has 0 aliphatic heterocycles. The topological polar surface area (TPSA) is 112 Å². The van der Waals surface area contributed by atoms with Crippen LogP contribution in [-0.4, -0.2) is 51.5 Å². The van der Waals surface area contributed by atoms with Crippen molar-refractivity contribution in [2.24, 2.45) is 7.05 Å². The first-order chi connectivity index (χ1) is 16.9. The number of anilines is 2. The Kier molecular flexibility index (Phi) is 7.00. The second-order valence-corrected chi connectivity index (χ2v) is 8.16. The summed E-state index contributed by atoms with van der Waals surface area (Å²) in [7, 11) is 4.58. The lowest BCUT2D eigenvalue weighted by Crippen LogP contribution is -2.18. The van der Waals surface area contributed by atoms with Gasteiger partial charge in [0.05, 0.1) is 31.8 Å². The van der Waals surface area contributed by atoms with Gasteiger partial charge in [-0.1, -0.05) is 0 Å². The van der Waals surface area contributed by atoms with Gasteiger partial charge < -0.3 is 24.7 Å². The van der Waals surface area contributed by atoms with Gasteiger partial charge in [-0.3, -0.25) is 9.48 Å². The first-order valence-electron chi connectivity index (χ1n) is 11.2. The predicted molar refractivity (Wildman–Crippen MR) is 133 cm³/mol. The Morgan fingerprint density at radius 1 is 1.17 bits per heavy atom. The number of pyridine rings is 1. The fourth-order valence-corrected chi connectivity index (χ4v) is 3.89. The lowest BCUT2D eigenvalue weighted by molar-refractivity contribution is 0.0591. The van der Waals surface area contributed by atoms with E-state index < -0.39 is 5.97 Å². The molecular weight excluding hydrogens is 448 g/mol. The highest BCUT2D eigenvalue weighted by atomic mass is 16.5. The lowest BCUT2D eigenvalue weighted by atomic mass is 10.1. The predicted octanol–water partition coefficient (Wildman–Crippen LogP) is 3.71. The number of amides is 1. The van der Waals surface area contributed by atoms with Crippen LogP contribution in [0, 0.1) is 0 Å². The molecule has 2 N–H and O–H groups in total. The molecule has 3 heterocycles. The smallest absolute Gasteiger partial charge is 0.356 e. The van der Waals surface area contributed by atoms with E-state index in [1.54, 1.807) is 55.4 Å². The molecule has 3 aromatic heterocycles. The fourth-order valence-electron chi connectivity index (χ4n) is 3.89. The third-order valence-electron chi connectivity index (χ3n) is 5.76. The number of methoxy groups -OCH3 is 2. The van der Waals surface area contributed by atoms with E-state index in [1.165, 1.54) is 7.11 Å². The summed E-state index contributed by atoms with van der Waals surface area (Å²) in [5.41, 5.74) is 2.29. The molecule has 0 spiro atoms. The van der Waals surface area contributed by atoms with Crippen LogP contribution in [0.25, 0.3) is 11.0 Å². The van der Waals surface area contributed by atoms with Crippen LogP contribution in [0.2, 0.25) is 0 Å². The minimum absolute atomic E-state index is 0.139. The SMILES string of the molecule is COC(=O)c1c(NC(=O)c2ccc(OC)cc2)c2cc(NC(C)CCn3cccn3)cnc2n1C. The van der Waals surface area contributed by atoms with Crippen molar-refractivity contribution in [2.75, 3.05) is 24.9 Å². The van der Waals surface area contributed by atoms with Gasteiger partial charge in [-0.2, -0.15) is 5.10 Å². The van der Waals surface area contributed by atoms with Crippen LogP contribution in [0.15, 0.2) is 55.0 Å². The van der Waals surface area contributed by atoms with E-state index >= 15 is 0 Å². The number of nitrogens with zero attached hydrogens (tertiary/aromatic N) is 4. The van der Waals surface area contributed by atoms with Crippen molar-refractivity contribution in [1.29, 1.82) is 0 Å². The van der Waals surface area contributed by atoms with Crippen molar-refractivity contribution in [2.45, 2.75) is 25.9 Å². The summed E-state index contributed by atoms with van der Waals surface area (Å²) in [6, 6.07) is 10.6. The van der Waals surface area contributed by atoms with Gasteiger partial charge >= 0.3 is 5.97 Å². The Morgan fingerprint density at radius 3 is 2.60 bits per heavy atom. The zero-order chi connectivity index (χ0) is 24.9. The number of aryl methyl sites for hydroxylation is 2. The van der Waals surface area contributed by atoms with Crippen molar-refractivity contribution in [1.82, 2.24) is 19.3 Å². The third kappa shape index (κ3) is 5.11. The summed E-state index contributed by atoms with van der Waals surface area (Å²) in [5, 5.41) is 11.2. The molecule has 35 heavy (non-hydrogen) atoms. The van der Waals surface area contributed by atoms with E-state index in [1.807, 2.05) is 23.0 Å². The molecule has 0 radical (unpaired) electrons. The minimum atomic E-state index is -0.572. The number of carbonyl (C=O) groups is 2. The number of rotatable bonds is 9. The molecule has 4 aromatic rings. The normalized spacial score (nSPS) is 11.8. The quantitative estimate of drug-likeness (QED) is 0.354. The molecule has 0 saturated carbocycles. The van der Waals surface area contributed by atoms with Crippen molar-refractivity contribution in [3.63, 3.8) is 0 Å². The first-order valence-corrected chi connectivity index (χ1v) is 11.2. The molecule has 0 saturated heterocycles. The molecule has 0 bridgehead atoms. The van der Waals surface area contributed by atoms with Crippen LogP contribution in [0.1, 0.15) is 34.2 Å². The van der Waals surface area contributed by atoms with Crippen molar-refractivity contribution in [3.05, 3.63) is 66.2 Å². The third-order valence-corrected chi connectivity index (χ3v) is 5.76. The number of fused-ring (bicyclic) bond motifs is 1. The Labute approximate surface area is 202 Å². The summed E-state index contributed by atoms with van der Waals surface area (Å²) in [6.07, 6.45) is 6.24. The maximum Gasteiger partial charge on any atom is 0.356 e. The second-order valence-electron chi connectivity index (χ2n) is 8.16. The highest BCUT2D eigenvalue weighted by Crippen LogP contribution is 2.32. The molecule has 0 aliphatic carbocycles. The van der Waals surface area contributed by atoms with Gasteiger partial charge in [-0.25, -0.2) is 9.78 Å². The van der Waals surface area contributed by atoms with Crippen molar-refractivity contribution < 1.29 is 19.1 Å². The van der Waals surface area contributed by atoms with Crippen LogP contribution in [0.4, 0.5) is 11.4 Å². The Morgan fingerprint density at radius 2 is 1.94 bits per heavy atom. The molecular formula is C25H28N6O4. The zero-order valence-electron chi connectivity index (χ0n) is 20.1. The number of esters is 1. The number of hydrogen-bond donors (Lipinski definition) is 2. The molecule has 4 rings (SSSR count).